The highest BCUT2D eigenvalue weighted by Crippen LogP contribution is 2.55. The van der Waals surface area contributed by atoms with E-state index in [2.05, 4.69) is 5.32 Å². The minimum absolute atomic E-state index is 0.0151. The molecule has 2 atom stereocenters. The molecule has 3 aromatic carbocycles. The number of hydrogen-bond donors (Lipinski definition) is 2. The number of aliphatic hydroxyl groups is 1. The van der Waals surface area contributed by atoms with Gasteiger partial charge in [0.05, 0.1) is 20.8 Å². The van der Waals surface area contributed by atoms with Crippen LogP contribution in [-0.2, 0) is 16.3 Å². The molecule has 0 heterocycles. The number of carbonyl (C=O) groups excluding carboxylic acids is 1. The molecule has 3 aliphatic carbocycles. The van der Waals surface area contributed by atoms with Crippen molar-refractivity contribution in [3.63, 3.8) is 0 Å². The fraction of sp³-hybridized carbons (Fsp3) is 0.321. The second-order valence-electron chi connectivity index (χ2n) is 10.2. The summed E-state index contributed by atoms with van der Waals surface area (Å²) in [6.45, 7) is 1.75. The van der Waals surface area contributed by atoms with E-state index in [1.165, 1.54) is 18.2 Å². The van der Waals surface area contributed by atoms with Gasteiger partial charge in [-0.25, -0.2) is 17.2 Å². The van der Waals surface area contributed by atoms with E-state index in [1.54, 1.807) is 6.92 Å². The third-order valence-corrected chi connectivity index (χ3v) is 10.5. The molecule has 3 fully saturated rings. The Morgan fingerprint density at radius 3 is 2.32 bits per heavy atom. The molecule has 0 radical (unpaired) electrons. The van der Waals surface area contributed by atoms with E-state index in [-0.39, 0.29) is 33.0 Å². The van der Waals surface area contributed by atoms with E-state index in [1.807, 2.05) is 30.3 Å². The number of anilines is 1. The lowest BCUT2D eigenvalue weighted by Gasteiger charge is -2.56. The third-order valence-electron chi connectivity index (χ3n) is 7.88. The summed E-state index contributed by atoms with van der Waals surface area (Å²) >= 11 is 6.53. The fourth-order valence-electron chi connectivity index (χ4n) is 5.59. The third kappa shape index (κ3) is 4.78. The van der Waals surface area contributed by atoms with E-state index in [4.69, 9.17) is 11.6 Å². The van der Waals surface area contributed by atoms with Crippen molar-refractivity contribution in [3.8, 4) is 0 Å². The van der Waals surface area contributed by atoms with Gasteiger partial charge < -0.3 is 10.4 Å². The van der Waals surface area contributed by atoms with Gasteiger partial charge in [0.2, 0.25) is 0 Å². The summed E-state index contributed by atoms with van der Waals surface area (Å²) in [4.78, 5) is 13.2. The SMILES string of the molecule is CC1(O)C2CC1CC(S(=O)(=O)c1cc(C(=O)Nc3ccc(F)c(F)c3)c(Cc3ccccc3)cc1Cl)C2. The van der Waals surface area contributed by atoms with Gasteiger partial charge in [-0.2, -0.15) is 0 Å². The Hall–Kier alpha value is -2.81. The molecule has 3 aromatic rings. The van der Waals surface area contributed by atoms with Gasteiger partial charge in [-0.1, -0.05) is 41.9 Å². The number of fused-ring (bicyclic) bond motifs is 2. The lowest BCUT2D eigenvalue weighted by Crippen LogP contribution is -2.60. The van der Waals surface area contributed by atoms with Crippen LogP contribution in [0.2, 0.25) is 5.02 Å². The first-order valence-electron chi connectivity index (χ1n) is 12.1. The van der Waals surface area contributed by atoms with Crippen molar-refractivity contribution < 1.29 is 27.1 Å². The van der Waals surface area contributed by atoms with Crippen LogP contribution in [0.5, 0.6) is 0 Å². The van der Waals surface area contributed by atoms with Crippen molar-refractivity contribution in [2.45, 2.75) is 48.4 Å². The largest absolute Gasteiger partial charge is 0.390 e. The quantitative estimate of drug-likeness (QED) is 0.411. The Morgan fingerprint density at radius 2 is 1.70 bits per heavy atom. The minimum atomic E-state index is -3.91. The summed E-state index contributed by atoms with van der Waals surface area (Å²) in [6.07, 6.45) is 1.75. The summed E-state index contributed by atoms with van der Waals surface area (Å²) in [6, 6.07) is 15.0. The molecule has 194 valence electrons. The maximum atomic E-state index is 13.7. The Labute approximate surface area is 219 Å². The summed E-state index contributed by atoms with van der Waals surface area (Å²) in [5, 5.41) is 12.4. The average molecular weight is 546 g/mol. The molecule has 0 saturated heterocycles. The molecular formula is C28H26ClF2NO4S. The van der Waals surface area contributed by atoms with Crippen molar-refractivity contribution in [2.75, 3.05) is 5.32 Å². The number of benzene rings is 3. The van der Waals surface area contributed by atoms with Gasteiger partial charge in [-0.05, 0) is 79.8 Å². The molecule has 37 heavy (non-hydrogen) atoms. The van der Waals surface area contributed by atoms with Crippen molar-refractivity contribution >= 4 is 33.0 Å². The van der Waals surface area contributed by atoms with Gasteiger partial charge in [0.25, 0.3) is 5.91 Å². The minimum Gasteiger partial charge on any atom is -0.390 e. The lowest BCUT2D eigenvalue weighted by molar-refractivity contribution is -0.162. The van der Waals surface area contributed by atoms with Gasteiger partial charge in [0.1, 0.15) is 0 Å². The zero-order valence-electron chi connectivity index (χ0n) is 20.0. The summed E-state index contributed by atoms with van der Waals surface area (Å²) in [7, 11) is -3.91. The van der Waals surface area contributed by atoms with Crippen molar-refractivity contribution in [3.05, 3.63) is 94.0 Å². The van der Waals surface area contributed by atoms with Crippen LogP contribution in [0.15, 0.2) is 65.6 Å². The maximum absolute atomic E-state index is 13.7. The molecule has 1 amide bonds. The molecule has 9 heteroatoms. The molecule has 0 aromatic heterocycles. The average Bonchev–Trinajstić information content (AvgIpc) is 2.86. The van der Waals surface area contributed by atoms with Crippen molar-refractivity contribution in [1.82, 2.24) is 0 Å². The first kappa shape index (κ1) is 25.8. The van der Waals surface area contributed by atoms with Crippen molar-refractivity contribution in [2.24, 2.45) is 11.8 Å². The van der Waals surface area contributed by atoms with E-state index in [0.717, 1.165) is 24.1 Å². The zero-order chi connectivity index (χ0) is 26.5. The van der Waals surface area contributed by atoms with Gasteiger partial charge in [-0.15, -0.1) is 0 Å². The van der Waals surface area contributed by atoms with Gasteiger partial charge in [0, 0.05) is 17.3 Å². The molecule has 3 saturated carbocycles. The Balaban J connectivity index is 1.52. The number of sulfone groups is 1. The summed E-state index contributed by atoms with van der Waals surface area (Å²) < 4.78 is 54.5. The second kappa shape index (κ2) is 9.49. The van der Waals surface area contributed by atoms with Crippen LogP contribution in [0.4, 0.5) is 14.5 Å². The molecule has 0 spiro atoms. The van der Waals surface area contributed by atoms with Gasteiger partial charge >= 0.3 is 0 Å². The number of halogens is 3. The number of rotatable bonds is 6. The highest BCUT2D eigenvalue weighted by atomic mass is 35.5. The summed E-state index contributed by atoms with van der Waals surface area (Å²) in [5.74, 6) is -3.03. The standard InChI is InChI=1S/C28H26ClF2NO4S/c1-28(34)18-11-19(28)13-21(12-18)37(35,36)26-15-22(27(33)32-20-7-8-24(30)25(31)14-20)17(10-23(26)29)9-16-5-3-2-4-6-16/h2-8,10,14-15,18-19,21,34H,9,11-13H2,1H3,(H,32,33). The molecule has 2 bridgehead atoms. The zero-order valence-corrected chi connectivity index (χ0v) is 21.6. The number of nitrogens with one attached hydrogen (secondary N) is 1. The number of amides is 1. The fourth-order valence-corrected chi connectivity index (χ4v) is 8.04. The molecule has 2 N–H and O–H groups in total. The van der Waals surface area contributed by atoms with E-state index >= 15 is 0 Å². The number of carbonyl (C=O) groups is 1. The summed E-state index contributed by atoms with van der Waals surface area (Å²) in [5.41, 5.74) is 0.619. The lowest BCUT2D eigenvalue weighted by atomic mass is 9.54. The maximum Gasteiger partial charge on any atom is 0.255 e. The Morgan fingerprint density at radius 1 is 1.03 bits per heavy atom. The molecule has 2 unspecified atom stereocenters. The molecular weight excluding hydrogens is 520 g/mol. The van der Waals surface area contributed by atoms with Crippen LogP contribution in [0.25, 0.3) is 0 Å². The molecule has 5 nitrogen and oxygen atoms in total. The first-order chi connectivity index (χ1) is 17.5. The van der Waals surface area contributed by atoms with Crippen LogP contribution in [0, 0.1) is 23.5 Å². The van der Waals surface area contributed by atoms with Gasteiger partial charge in [0.15, 0.2) is 21.5 Å². The second-order valence-corrected chi connectivity index (χ2v) is 12.8. The van der Waals surface area contributed by atoms with Crippen molar-refractivity contribution in [1.29, 1.82) is 0 Å². The molecule has 3 aliphatic rings. The topological polar surface area (TPSA) is 83.5 Å². The van der Waals surface area contributed by atoms with Crippen LogP contribution >= 0.6 is 11.6 Å². The Bertz CT molecular complexity index is 1460. The smallest absolute Gasteiger partial charge is 0.255 e. The van der Waals surface area contributed by atoms with E-state index in [0.29, 0.717) is 24.8 Å². The highest BCUT2D eigenvalue weighted by molar-refractivity contribution is 7.92. The van der Waals surface area contributed by atoms with E-state index in [9.17, 15) is 27.1 Å². The Kier molecular flexibility index (Phi) is 6.63. The monoisotopic (exact) mass is 545 g/mol. The van der Waals surface area contributed by atoms with Crippen LogP contribution in [0.3, 0.4) is 0 Å². The van der Waals surface area contributed by atoms with E-state index < -0.39 is 38.2 Å². The van der Waals surface area contributed by atoms with Crippen LogP contribution in [-0.4, -0.2) is 30.3 Å². The highest BCUT2D eigenvalue weighted by Gasteiger charge is 2.57. The first-order valence-corrected chi connectivity index (χ1v) is 14.0. The normalized spacial score (nSPS) is 24.8. The predicted molar refractivity (Wildman–Crippen MR) is 137 cm³/mol. The van der Waals surface area contributed by atoms with Gasteiger partial charge in [-0.3, -0.25) is 4.79 Å². The van der Waals surface area contributed by atoms with Crippen LogP contribution in [0.1, 0.15) is 47.7 Å². The molecule has 6 rings (SSSR count). The van der Waals surface area contributed by atoms with Crippen LogP contribution < -0.4 is 5.32 Å². The molecule has 0 aliphatic heterocycles. The number of hydrogen-bond acceptors (Lipinski definition) is 4. The predicted octanol–water partition coefficient (Wildman–Crippen LogP) is 5.78.